The molecule has 1 aromatic heterocycles. The SMILES string of the molecule is O=C(NC(c1cccc[nH+]1)C(F)(F)F)C1=C2C=CC=CN2C(c2cccc(Cl)c2)N1. The van der Waals surface area contributed by atoms with Crippen molar-refractivity contribution in [3.05, 3.63) is 101 Å². The number of benzene rings is 1. The number of rotatable bonds is 4. The second kappa shape index (κ2) is 7.87. The molecule has 154 valence electrons. The average Bonchev–Trinajstić information content (AvgIpc) is 3.11. The molecule has 2 aliphatic rings. The Labute approximate surface area is 175 Å². The zero-order valence-corrected chi connectivity index (χ0v) is 16.2. The molecule has 2 aliphatic heterocycles. The fraction of sp³-hybridized carbons (Fsp3) is 0.143. The first-order valence-electron chi connectivity index (χ1n) is 9.08. The lowest BCUT2D eigenvalue weighted by atomic mass is 10.1. The minimum absolute atomic E-state index is 0.0470. The van der Waals surface area contributed by atoms with Gasteiger partial charge < -0.3 is 15.5 Å². The number of allylic oxidation sites excluding steroid dienone is 3. The Morgan fingerprint density at radius 3 is 2.73 bits per heavy atom. The number of H-pyrrole nitrogens is 1. The van der Waals surface area contributed by atoms with E-state index in [1.807, 2.05) is 6.07 Å². The summed E-state index contributed by atoms with van der Waals surface area (Å²) in [5, 5.41) is 5.66. The van der Waals surface area contributed by atoms with E-state index in [0.29, 0.717) is 10.7 Å². The molecule has 0 radical (unpaired) electrons. The third-order valence-corrected chi connectivity index (χ3v) is 4.98. The maximum absolute atomic E-state index is 13.7. The van der Waals surface area contributed by atoms with Crippen LogP contribution >= 0.6 is 11.6 Å². The van der Waals surface area contributed by atoms with Crippen LogP contribution in [0.4, 0.5) is 13.2 Å². The van der Waals surface area contributed by atoms with E-state index in [1.165, 1.54) is 18.3 Å². The highest BCUT2D eigenvalue weighted by Gasteiger charge is 2.47. The molecule has 2 atom stereocenters. The Kier molecular flexibility index (Phi) is 5.26. The Morgan fingerprint density at radius 2 is 2.03 bits per heavy atom. The number of aromatic nitrogens is 1. The van der Waals surface area contributed by atoms with Gasteiger partial charge in [-0.05, 0) is 29.8 Å². The monoisotopic (exact) mass is 433 g/mol. The van der Waals surface area contributed by atoms with Crippen molar-refractivity contribution in [2.45, 2.75) is 18.4 Å². The summed E-state index contributed by atoms with van der Waals surface area (Å²) >= 11 is 6.08. The lowest BCUT2D eigenvalue weighted by Crippen LogP contribution is -2.43. The van der Waals surface area contributed by atoms with Gasteiger partial charge in [0, 0.05) is 23.4 Å². The number of alkyl halides is 3. The minimum Gasteiger partial charge on any atom is -0.355 e. The molecule has 0 saturated heterocycles. The number of hydrogen-bond donors (Lipinski definition) is 2. The number of amides is 1. The molecule has 30 heavy (non-hydrogen) atoms. The van der Waals surface area contributed by atoms with Crippen LogP contribution in [-0.2, 0) is 4.79 Å². The number of nitrogens with zero attached hydrogens (tertiary/aromatic N) is 1. The summed E-state index contributed by atoms with van der Waals surface area (Å²) in [5.41, 5.74) is 1.12. The molecule has 0 aliphatic carbocycles. The summed E-state index contributed by atoms with van der Waals surface area (Å²) in [6, 6.07) is 9.19. The molecule has 2 aromatic rings. The van der Waals surface area contributed by atoms with E-state index in [9.17, 15) is 18.0 Å². The van der Waals surface area contributed by atoms with Gasteiger partial charge in [0.2, 0.25) is 11.7 Å². The molecule has 3 heterocycles. The van der Waals surface area contributed by atoms with Gasteiger partial charge in [0.25, 0.3) is 5.91 Å². The smallest absolute Gasteiger partial charge is 0.355 e. The van der Waals surface area contributed by atoms with Crippen molar-refractivity contribution in [3.63, 3.8) is 0 Å². The number of halogens is 4. The van der Waals surface area contributed by atoms with Crippen LogP contribution < -0.4 is 15.6 Å². The normalized spacial score (nSPS) is 18.8. The largest absolute Gasteiger partial charge is 0.418 e. The van der Waals surface area contributed by atoms with Gasteiger partial charge >= 0.3 is 6.18 Å². The summed E-state index contributed by atoms with van der Waals surface area (Å²) < 4.78 is 41.0. The molecule has 0 spiro atoms. The van der Waals surface area contributed by atoms with Crippen LogP contribution in [0.2, 0.25) is 5.02 Å². The summed E-state index contributed by atoms with van der Waals surface area (Å²) in [5.74, 6) is -0.862. The Hall–Kier alpha value is -3.26. The van der Waals surface area contributed by atoms with Crippen molar-refractivity contribution in [1.29, 1.82) is 0 Å². The first-order valence-corrected chi connectivity index (χ1v) is 9.46. The zero-order chi connectivity index (χ0) is 21.3. The van der Waals surface area contributed by atoms with Gasteiger partial charge in [0.15, 0.2) is 6.20 Å². The summed E-state index contributed by atoms with van der Waals surface area (Å²) in [4.78, 5) is 17.2. The second-order valence-corrected chi connectivity index (χ2v) is 7.17. The molecule has 2 unspecified atom stereocenters. The number of hydrogen-bond acceptors (Lipinski definition) is 3. The number of aromatic amines is 1. The fourth-order valence-corrected chi connectivity index (χ4v) is 3.60. The van der Waals surface area contributed by atoms with Gasteiger partial charge in [-0.25, -0.2) is 4.98 Å². The van der Waals surface area contributed by atoms with E-state index in [2.05, 4.69) is 15.6 Å². The maximum atomic E-state index is 13.7. The number of fused-ring (bicyclic) bond motifs is 1. The Bertz CT molecular complexity index is 1050. The van der Waals surface area contributed by atoms with E-state index >= 15 is 0 Å². The van der Waals surface area contributed by atoms with Gasteiger partial charge in [0.05, 0.1) is 5.70 Å². The Morgan fingerprint density at radius 1 is 1.20 bits per heavy atom. The van der Waals surface area contributed by atoms with E-state index in [-0.39, 0.29) is 11.4 Å². The third kappa shape index (κ3) is 3.91. The molecule has 4 rings (SSSR count). The molecule has 3 N–H and O–H groups in total. The van der Waals surface area contributed by atoms with Gasteiger partial charge in [-0.15, -0.1) is 0 Å². The van der Waals surface area contributed by atoms with E-state index < -0.39 is 24.3 Å². The standard InChI is InChI=1S/C21H16ClF3N4O/c22-14-7-5-6-13(12-14)19-27-17(16-9-2-4-11-29(16)19)20(30)28-18(21(23,24)25)15-8-1-3-10-26-15/h1-12,18-19,27H,(H,28,30)/p+1. The maximum Gasteiger partial charge on any atom is 0.418 e. The molecule has 1 aromatic carbocycles. The molecule has 0 bridgehead atoms. The highest BCUT2D eigenvalue weighted by molar-refractivity contribution is 6.30. The summed E-state index contributed by atoms with van der Waals surface area (Å²) in [6.45, 7) is 0. The Balaban J connectivity index is 1.64. The number of nitrogens with one attached hydrogen (secondary N) is 3. The lowest BCUT2D eigenvalue weighted by Gasteiger charge is -2.26. The van der Waals surface area contributed by atoms with Crippen molar-refractivity contribution >= 4 is 17.5 Å². The van der Waals surface area contributed by atoms with Crippen LogP contribution in [0, 0.1) is 0 Å². The van der Waals surface area contributed by atoms with Gasteiger partial charge in [-0.1, -0.05) is 35.9 Å². The molecule has 0 saturated carbocycles. The quantitative estimate of drug-likeness (QED) is 0.771. The van der Waals surface area contributed by atoms with Crippen molar-refractivity contribution in [2.75, 3.05) is 0 Å². The van der Waals surface area contributed by atoms with Crippen LogP contribution in [0.1, 0.15) is 23.5 Å². The summed E-state index contributed by atoms with van der Waals surface area (Å²) in [6.07, 6.45) is 3.14. The highest BCUT2D eigenvalue weighted by atomic mass is 35.5. The predicted octanol–water partition coefficient (Wildman–Crippen LogP) is 3.77. The van der Waals surface area contributed by atoms with Gasteiger partial charge in [-0.3, -0.25) is 4.79 Å². The molecule has 9 heteroatoms. The number of carbonyl (C=O) groups is 1. The lowest BCUT2D eigenvalue weighted by molar-refractivity contribution is -0.401. The van der Waals surface area contributed by atoms with Crippen LogP contribution in [0.3, 0.4) is 0 Å². The van der Waals surface area contributed by atoms with Crippen LogP contribution in [0.5, 0.6) is 0 Å². The third-order valence-electron chi connectivity index (χ3n) is 4.74. The molecular formula is C21H17ClF3N4O+. The van der Waals surface area contributed by atoms with E-state index in [0.717, 1.165) is 5.56 Å². The van der Waals surface area contributed by atoms with Gasteiger partial charge in [-0.2, -0.15) is 13.2 Å². The highest BCUT2D eigenvalue weighted by Crippen LogP contribution is 2.36. The molecule has 0 fully saturated rings. The van der Waals surface area contributed by atoms with Crippen molar-refractivity contribution < 1.29 is 22.9 Å². The molecule has 1 amide bonds. The number of carbonyl (C=O) groups excluding carboxylic acids is 1. The first-order chi connectivity index (χ1) is 14.3. The topological polar surface area (TPSA) is 58.5 Å². The first kappa shape index (κ1) is 20.0. The van der Waals surface area contributed by atoms with Crippen LogP contribution in [0.15, 0.2) is 84.5 Å². The van der Waals surface area contributed by atoms with Crippen LogP contribution in [-0.4, -0.2) is 17.0 Å². The average molecular weight is 434 g/mol. The second-order valence-electron chi connectivity index (χ2n) is 6.74. The van der Waals surface area contributed by atoms with E-state index in [1.54, 1.807) is 53.6 Å². The molecule has 5 nitrogen and oxygen atoms in total. The zero-order valence-electron chi connectivity index (χ0n) is 15.5. The van der Waals surface area contributed by atoms with Crippen molar-refractivity contribution in [1.82, 2.24) is 15.5 Å². The van der Waals surface area contributed by atoms with Crippen LogP contribution in [0.25, 0.3) is 0 Å². The summed E-state index contributed by atoms with van der Waals surface area (Å²) in [7, 11) is 0. The predicted molar refractivity (Wildman–Crippen MR) is 104 cm³/mol. The van der Waals surface area contributed by atoms with Crippen molar-refractivity contribution in [3.8, 4) is 0 Å². The fourth-order valence-electron chi connectivity index (χ4n) is 3.40. The minimum atomic E-state index is -4.67. The molecular weight excluding hydrogens is 417 g/mol. The van der Waals surface area contributed by atoms with Crippen molar-refractivity contribution in [2.24, 2.45) is 0 Å². The number of pyridine rings is 1. The van der Waals surface area contributed by atoms with E-state index in [4.69, 9.17) is 11.6 Å². The van der Waals surface area contributed by atoms with Gasteiger partial charge in [0.1, 0.15) is 11.9 Å².